The molecule has 0 amide bonds. The highest BCUT2D eigenvalue weighted by Crippen LogP contribution is 2.14. The summed E-state index contributed by atoms with van der Waals surface area (Å²) < 4.78 is 5.10. The van der Waals surface area contributed by atoms with Crippen molar-refractivity contribution >= 4 is 0 Å². The lowest BCUT2D eigenvalue weighted by molar-refractivity contribution is 0.185. The summed E-state index contributed by atoms with van der Waals surface area (Å²) >= 11 is 0. The van der Waals surface area contributed by atoms with Crippen molar-refractivity contribution in [1.82, 2.24) is 10.2 Å². The molecule has 0 aliphatic heterocycles. The van der Waals surface area contributed by atoms with E-state index >= 15 is 0 Å². The topological polar surface area (TPSA) is 44.7 Å². The first kappa shape index (κ1) is 17.1. The fourth-order valence-electron chi connectivity index (χ4n) is 2.24. The number of nitrogens with zero attached hydrogens (tertiary/aromatic N) is 1. The fourth-order valence-corrected chi connectivity index (χ4v) is 2.24. The van der Waals surface area contributed by atoms with Crippen LogP contribution >= 0.6 is 0 Å². The molecule has 0 spiro atoms. The van der Waals surface area contributed by atoms with Gasteiger partial charge in [0.2, 0.25) is 0 Å². The van der Waals surface area contributed by atoms with Crippen LogP contribution in [0.5, 0.6) is 0 Å². The summed E-state index contributed by atoms with van der Waals surface area (Å²) in [5.41, 5.74) is 2.27. The molecule has 1 atom stereocenters. The predicted molar refractivity (Wildman–Crippen MR) is 82.8 cm³/mol. The fraction of sp³-hybridized carbons (Fsp3) is 0.625. The molecule has 0 heterocycles. The summed E-state index contributed by atoms with van der Waals surface area (Å²) in [6.07, 6.45) is 0. The quantitative estimate of drug-likeness (QED) is 0.686. The van der Waals surface area contributed by atoms with Gasteiger partial charge in [-0.05, 0) is 24.2 Å². The van der Waals surface area contributed by atoms with E-state index in [1.54, 1.807) is 7.11 Å². The number of likely N-dealkylation sites (N-methyl/N-ethyl adjacent to an activating group) is 1. The third-order valence-electron chi connectivity index (χ3n) is 3.59. The van der Waals surface area contributed by atoms with Crippen LogP contribution in [0.2, 0.25) is 0 Å². The minimum absolute atomic E-state index is 0.00200. The van der Waals surface area contributed by atoms with Crippen LogP contribution in [0.3, 0.4) is 0 Å². The monoisotopic (exact) mass is 280 g/mol. The Bertz CT molecular complexity index is 350. The number of ether oxygens (including phenoxy) is 1. The molecule has 4 heteroatoms. The van der Waals surface area contributed by atoms with E-state index in [1.165, 1.54) is 0 Å². The molecular weight excluding hydrogens is 252 g/mol. The summed E-state index contributed by atoms with van der Waals surface area (Å²) in [7, 11) is 1.69. The first-order valence-corrected chi connectivity index (χ1v) is 7.39. The van der Waals surface area contributed by atoms with Crippen molar-refractivity contribution in [3.05, 3.63) is 35.4 Å². The average Bonchev–Trinajstić information content (AvgIpc) is 2.49. The molecule has 114 valence electrons. The Kier molecular flexibility index (Phi) is 8.46. The lowest BCUT2D eigenvalue weighted by Gasteiger charge is -2.21. The Morgan fingerprint density at radius 3 is 2.35 bits per heavy atom. The van der Waals surface area contributed by atoms with Crippen molar-refractivity contribution in [2.45, 2.75) is 26.5 Å². The van der Waals surface area contributed by atoms with Crippen molar-refractivity contribution < 1.29 is 9.84 Å². The maximum absolute atomic E-state index is 9.53. The molecule has 0 saturated heterocycles. The molecule has 2 N–H and O–H groups in total. The molecule has 0 bridgehead atoms. The molecule has 0 radical (unpaired) electrons. The van der Waals surface area contributed by atoms with Gasteiger partial charge in [-0.3, -0.25) is 0 Å². The molecule has 1 aromatic rings. The summed E-state index contributed by atoms with van der Waals surface area (Å²) in [6, 6.07) is 8.21. The van der Waals surface area contributed by atoms with Crippen molar-refractivity contribution in [1.29, 1.82) is 0 Å². The van der Waals surface area contributed by atoms with Gasteiger partial charge in [0, 0.05) is 20.2 Å². The SMILES string of the molecule is CCN(CC)CCNC(CO)c1ccc(COC)cc1. The van der Waals surface area contributed by atoms with Gasteiger partial charge in [0.1, 0.15) is 0 Å². The normalized spacial score (nSPS) is 12.8. The Balaban J connectivity index is 2.48. The minimum Gasteiger partial charge on any atom is -0.394 e. The molecular formula is C16H28N2O2. The van der Waals surface area contributed by atoms with Gasteiger partial charge in [0.25, 0.3) is 0 Å². The van der Waals surface area contributed by atoms with Crippen LogP contribution in [0.1, 0.15) is 31.0 Å². The molecule has 0 saturated carbocycles. The van der Waals surface area contributed by atoms with Gasteiger partial charge in [-0.25, -0.2) is 0 Å². The number of aliphatic hydroxyl groups excluding tert-OH is 1. The lowest BCUT2D eigenvalue weighted by Crippen LogP contribution is -2.34. The van der Waals surface area contributed by atoms with Crippen molar-refractivity contribution in [3.8, 4) is 0 Å². The van der Waals surface area contributed by atoms with Crippen LogP contribution in [0.25, 0.3) is 0 Å². The average molecular weight is 280 g/mol. The Morgan fingerprint density at radius 2 is 1.85 bits per heavy atom. The second-order valence-corrected chi connectivity index (χ2v) is 4.89. The summed E-state index contributed by atoms with van der Waals surface area (Å²) in [5.74, 6) is 0. The van der Waals surface area contributed by atoms with E-state index in [-0.39, 0.29) is 12.6 Å². The number of benzene rings is 1. The zero-order valence-electron chi connectivity index (χ0n) is 12.9. The highest BCUT2D eigenvalue weighted by atomic mass is 16.5. The standard InChI is InChI=1S/C16H28N2O2/c1-4-18(5-2)11-10-17-16(12-19)15-8-6-14(7-9-15)13-20-3/h6-9,16-17,19H,4-5,10-13H2,1-3H3. The summed E-state index contributed by atoms with van der Waals surface area (Å²) in [5, 5.41) is 12.9. The molecule has 0 aromatic heterocycles. The van der Waals surface area contributed by atoms with Crippen LogP contribution in [0.4, 0.5) is 0 Å². The number of hydrogen-bond acceptors (Lipinski definition) is 4. The van der Waals surface area contributed by atoms with Crippen molar-refractivity contribution in [3.63, 3.8) is 0 Å². The number of aliphatic hydroxyl groups is 1. The largest absolute Gasteiger partial charge is 0.394 e. The maximum Gasteiger partial charge on any atom is 0.0713 e. The zero-order chi connectivity index (χ0) is 14.8. The first-order valence-electron chi connectivity index (χ1n) is 7.39. The van der Waals surface area contributed by atoms with E-state index < -0.39 is 0 Å². The van der Waals surface area contributed by atoms with E-state index in [1.807, 2.05) is 12.1 Å². The summed E-state index contributed by atoms with van der Waals surface area (Å²) in [6.45, 7) is 9.09. The van der Waals surface area contributed by atoms with Crippen LogP contribution in [0, 0.1) is 0 Å². The van der Waals surface area contributed by atoms with Crippen LogP contribution in [0.15, 0.2) is 24.3 Å². The van der Waals surface area contributed by atoms with Gasteiger partial charge in [-0.2, -0.15) is 0 Å². The van der Waals surface area contributed by atoms with E-state index in [0.29, 0.717) is 6.61 Å². The highest BCUT2D eigenvalue weighted by Gasteiger charge is 2.10. The Hall–Kier alpha value is -0.940. The van der Waals surface area contributed by atoms with Crippen LogP contribution in [-0.2, 0) is 11.3 Å². The van der Waals surface area contributed by atoms with Gasteiger partial charge in [0.05, 0.1) is 19.3 Å². The molecule has 0 aliphatic carbocycles. The van der Waals surface area contributed by atoms with Crippen molar-refractivity contribution in [2.75, 3.05) is 39.9 Å². The van der Waals surface area contributed by atoms with E-state index in [9.17, 15) is 5.11 Å². The second kappa shape index (κ2) is 9.88. The lowest BCUT2D eigenvalue weighted by atomic mass is 10.1. The third-order valence-corrected chi connectivity index (χ3v) is 3.59. The van der Waals surface area contributed by atoms with Gasteiger partial charge >= 0.3 is 0 Å². The Morgan fingerprint density at radius 1 is 1.20 bits per heavy atom. The highest BCUT2D eigenvalue weighted by molar-refractivity contribution is 5.24. The molecule has 1 aromatic carbocycles. The third kappa shape index (κ3) is 5.59. The molecule has 0 aliphatic rings. The number of rotatable bonds is 10. The minimum atomic E-state index is 0.00200. The van der Waals surface area contributed by atoms with Crippen LogP contribution in [-0.4, -0.2) is 49.9 Å². The molecule has 20 heavy (non-hydrogen) atoms. The Labute approximate surface area is 122 Å². The zero-order valence-corrected chi connectivity index (χ0v) is 12.9. The van der Waals surface area contributed by atoms with E-state index in [2.05, 4.69) is 36.2 Å². The van der Waals surface area contributed by atoms with Crippen molar-refractivity contribution in [2.24, 2.45) is 0 Å². The van der Waals surface area contributed by atoms with Gasteiger partial charge in [0.15, 0.2) is 0 Å². The number of nitrogens with one attached hydrogen (secondary N) is 1. The maximum atomic E-state index is 9.53. The number of methoxy groups -OCH3 is 1. The molecule has 0 fully saturated rings. The predicted octanol–water partition coefficient (Wildman–Crippen LogP) is 1.80. The molecule has 4 nitrogen and oxygen atoms in total. The molecule has 1 unspecified atom stereocenters. The van der Waals surface area contributed by atoms with E-state index in [0.717, 1.165) is 37.3 Å². The van der Waals surface area contributed by atoms with E-state index in [4.69, 9.17) is 4.74 Å². The van der Waals surface area contributed by atoms with Gasteiger partial charge in [-0.1, -0.05) is 38.1 Å². The smallest absolute Gasteiger partial charge is 0.0713 e. The summed E-state index contributed by atoms with van der Waals surface area (Å²) in [4.78, 5) is 2.36. The number of hydrogen-bond donors (Lipinski definition) is 2. The van der Waals surface area contributed by atoms with Gasteiger partial charge < -0.3 is 20.1 Å². The van der Waals surface area contributed by atoms with Gasteiger partial charge in [-0.15, -0.1) is 0 Å². The first-order chi connectivity index (χ1) is 9.74. The molecule has 1 rings (SSSR count). The second-order valence-electron chi connectivity index (χ2n) is 4.89. The van der Waals surface area contributed by atoms with Crippen LogP contribution < -0.4 is 5.32 Å².